The Bertz CT molecular complexity index is 451. The minimum absolute atomic E-state index is 0.0734. The fourth-order valence-corrected chi connectivity index (χ4v) is 2.62. The minimum Gasteiger partial charge on any atom is -0.368 e. The van der Waals surface area contributed by atoms with Crippen molar-refractivity contribution in [3.63, 3.8) is 0 Å². The van der Waals surface area contributed by atoms with Crippen LogP contribution in [0.5, 0.6) is 0 Å². The molecule has 0 atom stereocenters. The third-order valence-corrected chi connectivity index (χ3v) is 4.15. The van der Waals surface area contributed by atoms with E-state index in [4.69, 9.17) is 16.3 Å². The largest absolute Gasteiger partial charge is 0.368 e. The molecular weight excluding hydrogens is 264 g/mol. The Hall–Kier alpha value is -0.870. The molecule has 0 fully saturated rings. The lowest BCUT2D eigenvalue weighted by Crippen LogP contribution is -2.42. The van der Waals surface area contributed by atoms with Crippen molar-refractivity contribution in [3.8, 4) is 0 Å². The maximum absolute atomic E-state index is 12.6. The van der Waals surface area contributed by atoms with Crippen molar-refractivity contribution in [2.45, 2.75) is 52.6 Å². The van der Waals surface area contributed by atoms with Gasteiger partial charge in [0.25, 0.3) is 0 Å². The summed E-state index contributed by atoms with van der Waals surface area (Å²) in [6, 6.07) is 0. The maximum Gasteiger partial charge on any atom is 0.170 e. The number of carbonyl (C=O) groups excluding carboxylic acids is 1. The quantitative estimate of drug-likeness (QED) is 0.774. The van der Waals surface area contributed by atoms with Gasteiger partial charge in [-0.3, -0.25) is 9.48 Å². The van der Waals surface area contributed by atoms with Crippen molar-refractivity contribution in [1.82, 2.24) is 9.78 Å². The number of carbonyl (C=O) groups is 1. The van der Waals surface area contributed by atoms with Gasteiger partial charge in [0.15, 0.2) is 5.78 Å². The average molecular weight is 287 g/mol. The van der Waals surface area contributed by atoms with E-state index in [1.165, 1.54) is 0 Å². The van der Waals surface area contributed by atoms with Gasteiger partial charge in [-0.05, 0) is 26.7 Å². The van der Waals surface area contributed by atoms with E-state index in [-0.39, 0.29) is 12.2 Å². The fourth-order valence-electron chi connectivity index (χ4n) is 2.39. The number of nitrogens with zero attached hydrogens (tertiary/aromatic N) is 2. The molecule has 0 amide bonds. The van der Waals surface area contributed by atoms with E-state index in [2.05, 4.69) is 5.10 Å². The van der Waals surface area contributed by atoms with Crippen LogP contribution in [0.1, 0.15) is 45.0 Å². The molecule has 0 N–H and O–H groups in total. The summed E-state index contributed by atoms with van der Waals surface area (Å²) in [5.74, 6) is 0.0734. The molecule has 19 heavy (non-hydrogen) atoms. The van der Waals surface area contributed by atoms with Crippen LogP contribution >= 0.6 is 11.6 Å². The summed E-state index contributed by atoms with van der Waals surface area (Å²) in [6.45, 7) is 8.24. The van der Waals surface area contributed by atoms with Crippen molar-refractivity contribution in [2.75, 3.05) is 6.61 Å². The molecule has 0 saturated heterocycles. The molecule has 0 aromatic carbocycles. The second-order valence-electron chi connectivity index (χ2n) is 4.70. The van der Waals surface area contributed by atoms with Crippen LogP contribution in [0.2, 0.25) is 5.02 Å². The number of Topliss-reactive ketones (excluding diaryl/α,β-unsaturated/α-hetero) is 1. The Kier molecular flexibility index (Phi) is 5.56. The molecule has 1 aromatic heterocycles. The van der Waals surface area contributed by atoms with Crippen LogP contribution in [0.3, 0.4) is 0 Å². The third-order valence-electron chi connectivity index (χ3n) is 3.66. The van der Waals surface area contributed by atoms with Crippen LogP contribution in [0.25, 0.3) is 0 Å². The van der Waals surface area contributed by atoms with E-state index in [0.717, 1.165) is 11.4 Å². The monoisotopic (exact) mass is 286 g/mol. The molecule has 108 valence electrons. The number of hydrogen-bond acceptors (Lipinski definition) is 3. The van der Waals surface area contributed by atoms with Crippen molar-refractivity contribution in [2.24, 2.45) is 7.05 Å². The lowest BCUT2D eigenvalue weighted by molar-refractivity contribution is -0.144. The predicted octanol–water partition coefficient (Wildman–Crippen LogP) is 3.09. The number of aromatic nitrogens is 2. The Balaban J connectivity index is 3.00. The standard InChI is InChI=1S/C14H23ClN2O2/c1-6-14(7-2,19-8-3)12(18)9-11-13(15)10(4)16-17(11)5/h6-9H2,1-5H3. The van der Waals surface area contributed by atoms with Gasteiger partial charge in [-0.1, -0.05) is 25.4 Å². The lowest BCUT2D eigenvalue weighted by Gasteiger charge is -2.30. The Morgan fingerprint density at radius 1 is 1.37 bits per heavy atom. The Morgan fingerprint density at radius 3 is 2.32 bits per heavy atom. The highest BCUT2D eigenvalue weighted by Gasteiger charge is 2.36. The van der Waals surface area contributed by atoms with Gasteiger partial charge in [-0.25, -0.2) is 0 Å². The van der Waals surface area contributed by atoms with Crippen molar-refractivity contribution in [3.05, 3.63) is 16.4 Å². The number of halogens is 1. The van der Waals surface area contributed by atoms with Gasteiger partial charge in [0, 0.05) is 13.7 Å². The zero-order chi connectivity index (χ0) is 14.6. The van der Waals surface area contributed by atoms with E-state index in [1.807, 2.05) is 34.7 Å². The van der Waals surface area contributed by atoms with Gasteiger partial charge in [0.2, 0.25) is 0 Å². The Labute approximate surface area is 120 Å². The third kappa shape index (κ3) is 3.18. The van der Waals surface area contributed by atoms with Crippen LogP contribution in [-0.2, 0) is 23.0 Å². The van der Waals surface area contributed by atoms with Crippen molar-refractivity contribution in [1.29, 1.82) is 0 Å². The van der Waals surface area contributed by atoms with Crippen LogP contribution in [0.15, 0.2) is 0 Å². The van der Waals surface area contributed by atoms with Gasteiger partial charge < -0.3 is 4.74 Å². The zero-order valence-electron chi connectivity index (χ0n) is 12.4. The number of rotatable bonds is 7. The fraction of sp³-hybridized carbons (Fsp3) is 0.714. The summed E-state index contributed by atoms with van der Waals surface area (Å²) in [6.07, 6.45) is 1.60. The molecule has 0 aliphatic carbocycles. The summed E-state index contributed by atoms with van der Waals surface area (Å²) in [7, 11) is 1.81. The van der Waals surface area contributed by atoms with Gasteiger partial charge in [0.1, 0.15) is 5.60 Å². The normalized spacial score (nSPS) is 11.9. The van der Waals surface area contributed by atoms with E-state index >= 15 is 0 Å². The van der Waals surface area contributed by atoms with Crippen LogP contribution < -0.4 is 0 Å². The number of hydrogen-bond donors (Lipinski definition) is 0. The number of ether oxygens (including phenoxy) is 1. The summed E-state index contributed by atoms with van der Waals surface area (Å²) in [5, 5.41) is 4.81. The maximum atomic E-state index is 12.6. The second-order valence-corrected chi connectivity index (χ2v) is 5.08. The summed E-state index contributed by atoms with van der Waals surface area (Å²) < 4.78 is 7.40. The molecular formula is C14H23ClN2O2. The summed E-state index contributed by atoms with van der Waals surface area (Å²) >= 11 is 6.20. The van der Waals surface area contributed by atoms with Gasteiger partial charge in [0.05, 0.1) is 22.8 Å². The zero-order valence-corrected chi connectivity index (χ0v) is 13.2. The lowest BCUT2D eigenvalue weighted by atomic mass is 9.89. The molecule has 0 bridgehead atoms. The van der Waals surface area contributed by atoms with Crippen LogP contribution in [-0.4, -0.2) is 27.8 Å². The first kappa shape index (κ1) is 16.2. The predicted molar refractivity (Wildman–Crippen MR) is 76.6 cm³/mol. The van der Waals surface area contributed by atoms with Crippen molar-refractivity contribution >= 4 is 17.4 Å². The van der Waals surface area contributed by atoms with Crippen molar-refractivity contribution < 1.29 is 9.53 Å². The first-order valence-electron chi connectivity index (χ1n) is 6.77. The molecule has 0 unspecified atom stereocenters. The highest BCUT2D eigenvalue weighted by atomic mass is 35.5. The minimum atomic E-state index is -0.698. The number of ketones is 1. The molecule has 0 radical (unpaired) electrons. The van der Waals surface area contributed by atoms with Gasteiger partial charge >= 0.3 is 0 Å². The second kappa shape index (κ2) is 6.53. The summed E-state index contributed by atoms with van der Waals surface area (Å²) in [4.78, 5) is 12.6. The topological polar surface area (TPSA) is 44.1 Å². The number of aryl methyl sites for hydroxylation is 2. The van der Waals surface area contributed by atoms with E-state index in [1.54, 1.807) is 4.68 Å². The Morgan fingerprint density at radius 2 is 1.95 bits per heavy atom. The van der Waals surface area contributed by atoms with E-state index in [0.29, 0.717) is 24.5 Å². The molecule has 1 heterocycles. The first-order valence-corrected chi connectivity index (χ1v) is 7.14. The average Bonchev–Trinajstić information content (AvgIpc) is 2.62. The molecule has 0 spiro atoms. The molecule has 1 aromatic rings. The molecule has 0 saturated carbocycles. The molecule has 0 aliphatic heterocycles. The molecule has 0 aliphatic rings. The van der Waals surface area contributed by atoms with E-state index in [9.17, 15) is 4.79 Å². The van der Waals surface area contributed by atoms with Gasteiger partial charge in [-0.2, -0.15) is 5.10 Å². The molecule has 4 nitrogen and oxygen atoms in total. The SMILES string of the molecule is CCOC(CC)(CC)C(=O)Cc1c(Cl)c(C)nn1C. The van der Waals surface area contributed by atoms with E-state index < -0.39 is 5.60 Å². The molecule has 5 heteroatoms. The smallest absolute Gasteiger partial charge is 0.170 e. The van der Waals surface area contributed by atoms with Gasteiger partial charge in [-0.15, -0.1) is 0 Å². The summed E-state index contributed by atoms with van der Waals surface area (Å²) in [5.41, 5.74) is 0.813. The first-order chi connectivity index (χ1) is 8.91. The van der Waals surface area contributed by atoms with Crippen LogP contribution in [0.4, 0.5) is 0 Å². The highest BCUT2D eigenvalue weighted by Crippen LogP contribution is 2.27. The highest BCUT2D eigenvalue weighted by molar-refractivity contribution is 6.32. The molecule has 1 rings (SSSR count). The van der Waals surface area contributed by atoms with Crippen LogP contribution in [0, 0.1) is 6.92 Å².